The first-order valence-corrected chi connectivity index (χ1v) is 31.1. The smallest absolute Gasteiger partial charge is 0.248 e. The number of carbonyl (C=O) groups is 13. The lowest BCUT2D eigenvalue weighted by Gasteiger charge is -2.39. The predicted octanol–water partition coefficient (Wildman–Crippen LogP) is -0.330. The van der Waals surface area contributed by atoms with E-state index in [-0.39, 0.29) is 18.8 Å². The topological polar surface area (TPSA) is 319 Å². The number of aliphatic hydroxyl groups excluding tert-OH is 1. The molecule has 27 heteroatoms. The molecule has 1 aromatic carbocycles. The minimum atomic E-state index is -1.65. The molecule has 5 N–H and O–H groups in total. The van der Waals surface area contributed by atoms with Gasteiger partial charge in [-0.15, -0.1) is 0 Å². The maximum Gasteiger partial charge on any atom is 0.248 e. The summed E-state index contributed by atoms with van der Waals surface area (Å²) in [5, 5.41) is 21.6. The number of nitrogens with one attached hydrogen (secondary N) is 4. The molecule has 2 heterocycles. The SMILES string of the molecule is CC(C)C[C@H]1C(=O)N(C)[C@@H](C(C)C)C(=O)N[C@@H]([C@@H](C)O)C(=O)N(C)CC(=O)N(C)[C@@H](C)C(=O)N(C)[C@@H](C)C(=O)N[C@@H](C(C)C)C(=O)N[C@H](C(=O)N2CCCCC2)CC(=O)N(C)[C@H](C)C(=O)N(C)[C@@H](C)C(=O)N[C@@H](C)C(=O)N(C)[C@@H](Cc2ccccc2)C(=O)N1C. The van der Waals surface area contributed by atoms with Crippen LogP contribution in [0.5, 0.6) is 0 Å². The summed E-state index contributed by atoms with van der Waals surface area (Å²) in [5.74, 6) is -11.0. The van der Waals surface area contributed by atoms with Crippen molar-refractivity contribution in [1.82, 2.24) is 65.4 Å². The molecule has 0 aliphatic carbocycles. The molecule has 2 saturated heterocycles. The molecule has 13 amide bonds. The number of aliphatic hydroxyl groups is 1. The van der Waals surface area contributed by atoms with E-state index in [1.807, 2.05) is 13.8 Å². The quantitative estimate of drug-likeness (QED) is 0.223. The summed E-state index contributed by atoms with van der Waals surface area (Å²) in [6.45, 7) is 18.7. The van der Waals surface area contributed by atoms with Crippen molar-refractivity contribution in [3.05, 3.63) is 35.9 Å². The number of hydrogen-bond acceptors (Lipinski definition) is 14. The molecule has 0 radical (unpaired) electrons. The van der Waals surface area contributed by atoms with Crippen LogP contribution in [0.25, 0.3) is 0 Å². The van der Waals surface area contributed by atoms with Crippen molar-refractivity contribution in [2.24, 2.45) is 17.8 Å². The van der Waals surface area contributed by atoms with Gasteiger partial charge in [0.1, 0.15) is 66.5 Å². The number of benzene rings is 1. The Bertz CT molecular complexity index is 2740. The Morgan fingerprint density at radius 2 is 0.967 bits per heavy atom. The van der Waals surface area contributed by atoms with E-state index in [0.29, 0.717) is 31.5 Å². The third-order valence-electron chi connectivity index (χ3n) is 17.5. The number of carbonyl (C=O) groups excluding carboxylic acids is 13. The number of nitrogens with zero attached hydrogens (tertiary/aromatic N) is 9. The van der Waals surface area contributed by atoms with E-state index in [1.165, 1.54) is 118 Å². The Balaban J connectivity index is 2.19. The Kier molecular flexibility index (Phi) is 28.8. The summed E-state index contributed by atoms with van der Waals surface area (Å²) >= 11 is 0. The molecule has 2 aliphatic rings. The van der Waals surface area contributed by atoms with Crippen LogP contribution in [-0.2, 0) is 68.7 Å². The van der Waals surface area contributed by atoms with Crippen LogP contribution in [0, 0.1) is 17.8 Å². The molecule has 12 atom stereocenters. The summed E-state index contributed by atoms with van der Waals surface area (Å²) in [5.41, 5.74) is 0.655. The number of likely N-dealkylation sites (N-methyl/N-ethyl adjacent to an activating group) is 8. The van der Waals surface area contributed by atoms with Crippen molar-refractivity contribution >= 4 is 76.8 Å². The maximum atomic E-state index is 15.1. The first kappa shape index (κ1) is 76.5. The fourth-order valence-electron chi connectivity index (χ4n) is 10.9. The highest BCUT2D eigenvalue weighted by molar-refractivity contribution is 6.00. The van der Waals surface area contributed by atoms with Gasteiger partial charge < -0.3 is 70.5 Å². The summed E-state index contributed by atoms with van der Waals surface area (Å²) < 4.78 is 0. The second-order valence-electron chi connectivity index (χ2n) is 25.5. The molecule has 2 aliphatic heterocycles. The van der Waals surface area contributed by atoms with E-state index in [0.717, 1.165) is 30.9 Å². The average Bonchev–Trinajstić information content (AvgIpc) is 0.949. The van der Waals surface area contributed by atoms with Gasteiger partial charge in [0.05, 0.1) is 19.1 Å². The van der Waals surface area contributed by atoms with Crippen LogP contribution in [0.1, 0.15) is 121 Å². The lowest BCUT2D eigenvalue weighted by atomic mass is 9.96. The first-order valence-electron chi connectivity index (χ1n) is 31.1. The molecular weight excluding hydrogens is 1160 g/mol. The molecule has 2 fully saturated rings. The Hall–Kier alpha value is -7.71. The van der Waals surface area contributed by atoms with Gasteiger partial charge in [0.25, 0.3) is 0 Å². The molecule has 0 spiro atoms. The van der Waals surface area contributed by atoms with Gasteiger partial charge in [0.15, 0.2) is 0 Å². The minimum Gasteiger partial charge on any atom is -0.391 e. The van der Waals surface area contributed by atoms with Crippen LogP contribution in [0.3, 0.4) is 0 Å². The highest BCUT2D eigenvalue weighted by Gasteiger charge is 2.43. The van der Waals surface area contributed by atoms with E-state index >= 15 is 4.79 Å². The fraction of sp³-hybridized carbons (Fsp3) is 0.698. The summed E-state index contributed by atoms with van der Waals surface area (Å²) in [7, 11) is 10.8. The Morgan fingerprint density at radius 3 is 1.46 bits per heavy atom. The molecule has 0 unspecified atom stereocenters. The van der Waals surface area contributed by atoms with Crippen LogP contribution >= 0.6 is 0 Å². The molecule has 27 nitrogen and oxygen atoms in total. The van der Waals surface area contributed by atoms with Crippen LogP contribution in [0.4, 0.5) is 0 Å². The zero-order valence-corrected chi connectivity index (χ0v) is 56.7. The van der Waals surface area contributed by atoms with E-state index in [2.05, 4.69) is 21.3 Å². The van der Waals surface area contributed by atoms with E-state index in [9.17, 15) is 62.6 Å². The maximum absolute atomic E-state index is 15.1. The van der Waals surface area contributed by atoms with Crippen molar-refractivity contribution < 1.29 is 67.4 Å². The highest BCUT2D eigenvalue weighted by atomic mass is 16.3. The summed E-state index contributed by atoms with van der Waals surface area (Å²) in [6.07, 6.45) is 0.144. The van der Waals surface area contributed by atoms with Gasteiger partial charge in [0.2, 0.25) is 76.8 Å². The van der Waals surface area contributed by atoms with Gasteiger partial charge in [-0.2, -0.15) is 0 Å². The second kappa shape index (κ2) is 33.9. The fourth-order valence-corrected chi connectivity index (χ4v) is 10.9. The molecule has 0 saturated carbocycles. The van der Waals surface area contributed by atoms with Gasteiger partial charge in [0, 0.05) is 75.9 Å². The largest absolute Gasteiger partial charge is 0.391 e. The van der Waals surface area contributed by atoms with Crippen molar-refractivity contribution in [2.75, 3.05) is 76.0 Å². The summed E-state index contributed by atoms with van der Waals surface area (Å²) in [6, 6.07) is -5.61. The lowest BCUT2D eigenvalue weighted by molar-refractivity contribution is -0.153. The zero-order chi connectivity index (χ0) is 68.7. The minimum absolute atomic E-state index is 0.0325. The van der Waals surface area contributed by atoms with Gasteiger partial charge >= 0.3 is 0 Å². The Morgan fingerprint density at radius 1 is 0.489 bits per heavy atom. The molecular formula is C63H103N13O14. The average molecular weight is 1270 g/mol. The van der Waals surface area contributed by atoms with E-state index in [1.54, 1.807) is 58.0 Å². The van der Waals surface area contributed by atoms with Gasteiger partial charge in [-0.1, -0.05) is 71.9 Å². The van der Waals surface area contributed by atoms with Gasteiger partial charge in [-0.25, -0.2) is 0 Å². The van der Waals surface area contributed by atoms with Crippen LogP contribution in [-0.4, -0.2) is 275 Å². The molecule has 3 rings (SSSR count). The number of hydrogen-bond donors (Lipinski definition) is 5. The number of rotatable bonds is 8. The standard InChI is InChI=1S/C63H103N13O14/c1-35(2)31-46-62(89)75(20)52(37(5)6)56(83)67-51(43(12)77)63(90)68(13)34-49(79)70(15)42(11)59(86)72(17)40(9)54(81)66-50(36(3)4)55(82)65-45(60(87)76-29-25-22-26-30-76)33-48(78)69(14)41(10)58(85)71(16)39(8)53(80)64-38(7)57(84)73(18)47(61(88)74(46)19)32-44-27-23-21-24-28-44/h21,23-24,27-28,35-43,45-47,50-52,77H,22,25-26,29-34H2,1-20H3,(H,64,80)(H,65,82)(H,66,81)(H,67,83)/t38-,39-,40-,41+,42-,43+,45-,46-,47-,50-,51-,52-/m0/s1. The number of piperidine rings is 1. The van der Waals surface area contributed by atoms with Gasteiger partial charge in [-0.05, 0) is 90.5 Å². The molecule has 1 aromatic rings. The Labute approximate surface area is 531 Å². The monoisotopic (exact) mass is 1270 g/mol. The third kappa shape index (κ3) is 19.6. The zero-order valence-electron chi connectivity index (χ0n) is 56.7. The molecule has 504 valence electrons. The first-order chi connectivity index (χ1) is 41.8. The number of amides is 13. The normalized spacial score (nSPS) is 27.8. The van der Waals surface area contributed by atoms with Crippen LogP contribution < -0.4 is 21.3 Å². The number of likely N-dealkylation sites (tertiary alicyclic amines) is 1. The lowest BCUT2D eigenvalue weighted by Crippen LogP contribution is -2.62. The van der Waals surface area contributed by atoms with Gasteiger partial charge in [-0.3, -0.25) is 62.3 Å². The van der Waals surface area contributed by atoms with Crippen molar-refractivity contribution in [1.29, 1.82) is 0 Å². The molecule has 0 bridgehead atoms. The summed E-state index contributed by atoms with van der Waals surface area (Å²) in [4.78, 5) is 197. The van der Waals surface area contributed by atoms with Crippen molar-refractivity contribution in [3.63, 3.8) is 0 Å². The van der Waals surface area contributed by atoms with Crippen LogP contribution in [0.15, 0.2) is 30.3 Å². The predicted molar refractivity (Wildman–Crippen MR) is 336 cm³/mol. The van der Waals surface area contributed by atoms with Crippen molar-refractivity contribution in [2.45, 2.75) is 194 Å². The highest BCUT2D eigenvalue weighted by Crippen LogP contribution is 2.23. The van der Waals surface area contributed by atoms with Crippen LogP contribution in [0.2, 0.25) is 0 Å². The molecule has 0 aromatic heterocycles. The second-order valence-corrected chi connectivity index (χ2v) is 25.5. The van der Waals surface area contributed by atoms with E-state index < -0.39 is 174 Å². The third-order valence-corrected chi connectivity index (χ3v) is 17.5. The molecule has 90 heavy (non-hydrogen) atoms. The van der Waals surface area contributed by atoms with Crippen molar-refractivity contribution in [3.8, 4) is 0 Å². The van der Waals surface area contributed by atoms with E-state index in [4.69, 9.17) is 0 Å².